The molecular formula is C19H34IN3O3. The van der Waals surface area contributed by atoms with Crippen LogP contribution < -0.4 is 20.1 Å². The van der Waals surface area contributed by atoms with Crippen LogP contribution in [0.25, 0.3) is 0 Å². The van der Waals surface area contributed by atoms with Gasteiger partial charge in [0.1, 0.15) is 0 Å². The fourth-order valence-corrected chi connectivity index (χ4v) is 2.35. The van der Waals surface area contributed by atoms with E-state index in [1.165, 1.54) is 5.56 Å². The zero-order valence-electron chi connectivity index (χ0n) is 16.5. The molecule has 0 amide bonds. The summed E-state index contributed by atoms with van der Waals surface area (Å²) >= 11 is 0. The Hall–Kier alpha value is -1.22. The van der Waals surface area contributed by atoms with E-state index < -0.39 is 0 Å². The van der Waals surface area contributed by atoms with Gasteiger partial charge in [-0.1, -0.05) is 6.07 Å². The highest BCUT2D eigenvalue weighted by molar-refractivity contribution is 14.0. The molecule has 1 aromatic rings. The van der Waals surface area contributed by atoms with Gasteiger partial charge in [-0.15, -0.1) is 24.0 Å². The normalized spacial score (nSPS) is 10.8. The van der Waals surface area contributed by atoms with Crippen LogP contribution in [0, 0.1) is 0 Å². The Morgan fingerprint density at radius 1 is 1.04 bits per heavy atom. The minimum Gasteiger partial charge on any atom is -0.493 e. The molecule has 7 heteroatoms. The largest absolute Gasteiger partial charge is 0.493 e. The van der Waals surface area contributed by atoms with Crippen molar-refractivity contribution in [1.82, 2.24) is 10.6 Å². The molecule has 1 rings (SSSR count). The van der Waals surface area contributed by atoms with Crippen molar-refractivity contribution in [3.8, 4) is 11.5 Å². The van der Waals surface area contributed by atoms with Crippen molar-refractivity contribution < 1.29 is 14.2 Å². The van der Waals surface area contributed by atoms with Crippen LogP contribution in [-0.4, -0.2) is 53.0 Å². The Morgan fingerprint density at radius 2 is 1.81 bits per heavy atom. The number of hydrogen-bond donors (Lipinski definition) is 2. The molecular weight excluding hydrogens is 445 g/mol. The molecule has 0 aliphatic rings. The molecule has 0 aliphatic heterocycles. The second kappa shape index (κ2) is 16.0. The number of aliphatic imine (C=N–C) groups is 1. The van der Waals surface area contributed by atoms with Gasteiger partial charge in [0, 0.05) is 32.8 Å². The molecule has 0 saturated carbocycles. The number of methoxy groups -OCH3 is 2. The van der Waals surface area contributed by atoms with Crippen LogP contribution in [-0.2, 0) is 11.2 Å². The fourth-order valence-electron chi connectivity index (χ4n) is 2.35. The Kier molecular flexibility index (Phi) is 15.2. The smallest absolute Gasteiger partial charge is 0.191 e. The van der Waals surface area contributed by atoms with E-state index in [0.29, 0.717) is 0 Å². The number of rotatable bonds is 12. The van der Waals surface area contributed by atoms with Crippen LogP contribution in [0.2, 0.25) is 0 Å². The summed E-state index contributed by atoms with van der Waals surface area (Å²) < 4.78 is 15.9. The summed E-state index contributed by atoms with van der Waals surface area (Å²) in [6.07, 6.45) is 2.96. The highest BCUT2D eigenvalue weighted by atomic mass is 127. The minimum atomic E-state index is 0. The lowest BCUT2D eigenvalue weighted by Gasteiger charge is -2.12. The number of guanidine groups is 1. The fraction of sp³-hybridized carbons (Fsp3) is 0.632. The molecule has 1 aromatic carbocycles. The van der Waals surface area contributed by atoms with Crippen LogP contribution in [0.1, 0.15) is 32.3 Å². The molecule has 0 spiro atoms. The molecule has 6 nitrogen and oxygen atoms in total. The van der Waals surface area contributed by atoms with Crippen LogP contribution >= 0.6 is 24.0 Å². The Balaban J connectivity index is 0.00000625. The average molecular weight is 479 g/mol. The predicted molar refractivity (Wildman–Crippen MR) is 118 cm³/mol. The number of unbranched alkanes of at least 4 members (excludes halogenated alkanes) is 1. The van der Waals surface area contributed by atoms with E-state index in [1.54, 1.807) is 14.2 Å². The molecule has 2 N–H and O–H groups in total. The number of nitrogens with zero attached hydrogens (tertiary/aromatic N) is 1. The Morgan fingerprint density at radius 3 is 2.46 bits per heavy atom. The van der Waals surface area contributed by atoms with Crippen molar-refractivity contribution in [2.75, 3.05) is 47.1 Å². The Labute approximate surface area is 175 Å². The summed E-state index contributed by atoms with van der Waals surface area (Å²) in [5.74, 6) is 2.37. The maximum Gasteiger partial charge on any atom is 0.191 e. The van der Waals surface area contributed by atoms with Crippen molar-refractivity contribution in [3.05, 3.63) is 23.8 Å². The monoisotopic (exact) mass is 479 g/mol. The summed E-state index contributed by atoms with van der Waals surface area (Å²) in [4.78, 5) is 4.60. The predicted octanol–water partition coefficient (Wildman–Crippen LogP) is 3.24. The van der Waals surface area contributed by atoms with E-state index in [2.05, 4.69) is 28.6 Å². The SMILES string of the molecule is CCNC(=NCCCCOCC)NCCc1ccc(OC)c(OC)c1.I. The highest BCUT2D eigenvalue weighted by Crippen LogP contribution is 2.27. The molecule has 0 aliphatic carbocycles. The first kappa shape index (κ1) is 24.8. The van der Waals surface area contributed by atoms with Gasteiger partial charge in [0.05, 0.1) is 14.2 Å². The third-order valence-corrected chi connectivity index (χ3v) is 3.67. The van der Waals surface area contributed by atoms with Crippen molar-refractivity contribution in [1.29, 1.82) is 0 Å². The zero-order chi connectivity index (χ0) is 18.3. The van der Waals surface area contributed by atoms with Gasteiger partial charge < -0.3 is 24.8 Å². The molecule has 0 unspecified atom stereocenters. The third kappa shape index (κ3) is 10.1. The molecule has 0 saturated heterocycles. The average Bonchev–Trinajstić information content (AvgIpc) is 2.64. The van der Waals surface area contributed by atoms with E-state index in [1.807, 2.05) is 19.1 Å². The van der Waals surface area contributed by atoms with Crippen LogP contribution in [0.3, 0.4) is 0 Å². The van der Waals surface area contributed by atoms with Gasteiger partial charge in [-0.3, -0.25) is 4.99 Å². The van der Waals surface area contributed by atoms with Crippen molar-refractivity contribution in [3.63, 3.8) is 0 Å². The van der Waals surface area contributed by atoms with E-state index in [-0.39, 0.29) is 24.0 Å². The highest BCUT2D eigenvalue weighted by Gasteiger charge is 2.05. The molecule has 150 valence electrons. The van der Waals surface area contributed by atoms with Gasteiger partial charge in [-0.25, -0.2) is 0 Å². The maximum absolute atomic E-state index is 5.34. The van der Waals surface area contributed by atoms with Gasteiger partial charge in [-0.05, 0) is 50.8 Å². The van der Waals surface area contributed by atoms with E-state index in [9.17, 15) is 0 Å². The maximum atomic E-state index is 5.34. The number of nitrogens with one attached hydrogen (secondary N) is 2. The van der Waals surface area contributed by atoms with Gasteiger partial charge in [0.25, 0.3) is 0 Å². The first-order valence-electron chi connectivity index (χ1n) is 9.05. The summed E-state index contributed by atoms with van der Waals surface area (Å²) in [7, 11) is 3.30. The van der Waals surface area contributed by atoms with E-state index in [4.69, 9.17) is 14.2 Å². The summed E-state index contributed by atoms with van der Waals surface area (Å²) in [5.41, 5.74) is 1.19. The zero-order valence-corrected chi connectivity index (χ0v) is 18.8. The molecule has 0 heterocycles. The van der Waals surface area contributed by atoms with Gasteiger partial charge in [0.2, 0.25) is 0 Å². The first-order valence-corrected chi connectivity index (χ1v) is 9.05. The third-order valence-electron chi connectivity index (χ3n) is 3.67. The van der Waals surface area contributed by atoms with Gasteiger partial charge in [0.15, 0.2) is 17.5 Å². The van der Waals surface area contributed by atoms with Crippen LogP contribution in [0.4, 0.5) is 0 Å². The second-order valence-corrected chi connectivity index (χ2v) is 5.53. The molecule has 0 atom stereocenters. The van der Waals surface area contributed by atoms with Gasteiger partial charge in [-0.2, -0.15) is 0 Å². The van der Waals surface area contributed by atoms with Crippen LogP contribution in [0.5, 0.6) is 11.5 Å². The number of benzene rings is 1. The number of hydrogen-bond acceptors (Lipinski definition) is 4. The minimum absolute atomic E-state index is 0. The number of ether oxygens (including phenoxy) is 3. The van der Waals surface area contributed by atoms with Crippen molar-refractivity contribution in [2.24, 2.45) is 4.99 Å². The van der Waals surface area contributed by atoms with Gasteiger partial charge >= 0.3 is 0 Å². The second-order valence-electron chi connectivity index (χ2n) is 5.53. The first-order chi connectivity index (χ1) is 12.2. The lowest BCUT2D eigenvalue weighted by Crippen LogP contribution is -2.38. The molecule has 0 fully saturated rings. The topological polar surface area (TPSA) is 64.1 Å². The summed E-state index contributed by atoms with van der Waals surface area (Å²) in [6.45, 7) is 8.14. The lowest BCUT2D eigenvalue weighted by atomic mass is 10.1. The number of halogens is 1. The van der Waals surface area contributed by atoms with E-state index >= 15 is 0 Å². The standard InChI is InChI=1S/C19H33N3O3.HI/c1-5-20-19(21-12-7-8-14-25-6-2)22-13-11-16-9-10-17(23-3)18(15-16)24-4;/h9-10,15H,5-8,11-14H2,1-4H3,(H2,20,21,22);1H. The quantitative estimate of drug-likeness (QED) is 0.209. The van der Waals surface area contributed by atoms with Crippen molar-refractivity contribution in [2.45, 2.75) is 33.1 Å². The molecule has 0 bridgehead atoms. The Bertz CT molecular complexity index is 513. The van der Waals surface area contributed by atoms with Crippen LogP contribution in [0.15, 0.2) is 23.2 Å². The summed E-state index contributed by atoms with van der Waals surface area (Å²) in [6, 6.07) is 6.00. The molecule has 0 radical (unpaired) electrons. The molecule has 26 heavy (non-hydrogen) atoms. The van der Waals surface area contributed by atoms with Crippen molar-refractivity contribution >= 4 is 29.9 Å². The molecule has 0 aromatic heterocycles. The summed E-state index contributed by atoms with van der Waals surface area (Å²) in [5, 5.41) is 6.65. The lowest BCUT2D eigenvalue weighted by molar-refractivity contribution is 0.144. The van der Waals surface area contributed by atoms with E-state index in [0.717, 1.165) is 69.6 Å².